The van der Waals surface area contributed by atoms with E-state index in [0.717, 1.165) is 21.3 Å². The Morgan fingerprint density at radius 1 is 1.06 bits per heavy atom. The Hall–Kier alpha value is -4.37. The molecule has 0 fully saturated rings. The van der Waals surface area contributed by atoms with Gasteiger partial charge in [-0.05, 0) is 42.8 Å². The van der Waals surface area contributed by atoms with E-state index in [9.17, 15) is 9.59 Å². The number of hydrogen-bond donors (Lipinski definition) is 3. The summed E-state index contributed by atoms with van der Waals surface area (Å²) in [5, 5.41) is 12.5. The molecule has 0 unspecified atom stereocenters. The SMILES string of the molecule is Cc1c(-c2ccccc2)nc2ccc(Br)cc2c1C(=O)Nc1ccc(C(=O)O)cn1.c1c[nH]cn1. The van der Waals surface area contributed by atoms with E-state index < -0.39 is 5.97 Å². The molecule has 35 heavy (non-hydrogen) atoms. The van der Waals surface area contributed by atoms with Crippen LogP contribution in [0, 0.1) is 6.92 Å². The zero-order valence-corrected chi connectivity index (χ0v) is 20.2. The Balaban J connectivity index is 0.000000514. The van der Waals surface area contributed by atoms with Gasteiger partial charge in [-0.1, -0.05) is 46.3 Å². The maximum absolute atomic E-state index is 13.3. The number of carboxylic acids is 1. The first kappa shape index (κ1) is 23.8. The van der Waals surface area contributed by atoms with E-state index >= 15 is 0 Å². The zero-order valence-electron chi connectivity index (χ0n) is 18.6. The third-order valence-corrected chi connectivity index (χ3v) is 5.62. The smallest absolute Gasteiger partial charge is 0.337 e. The molecule has 0 radical (unpaired) electrons. The highest BCUT2D eigenvalue weighted by Gasteiger charge is 2.20. The number of aromatic nitrogens is 4. The highest BCUT2D eigenvalue weighted by molar-refractivity contribution is 9.10. The van der Waals surface area contributed by atoms with Gasteiger partial charge in [0.1, 0.15) is 5.82 Å². The number of halogens is 1. The summed E-state index contributed by atoms with van der Waals surface area (Å²) in [6.07, 6.45) is 6.29. The highest BCUT2D eigenvalue weighted by Crippen LogP contribution is 2.31. The van der Waals surface area contributed by atoms with Gasteiger partial charge in [0.15, 0.2) is 0 Å². The van der Waals surface area contributed by atoms with Crippen LogP contribution in [-0.4, -0.2) is 36.9 Å². The normalized spacial score (nSPS) is 10.3. The monoisotopic (exact) mass is 529 g/mol. The molecule has 174 valence electrons. The van der Waals surface area contributed by atoms with Crippen LogP contribution in [-0.2, 0) is 0 Å². The number of rotatable bonds is 4. The van der Waals surface area contributed by atoms with Crippen molar-refractivity contribution in [1.82, 2.24) is 19.9 Å². The molecule has 8 nitrogen and oxygen atoms in total. The number of imidazole rings is 1. The molecule has 3 heterocycles. The van der Waals surface area contributed by atoms with Crippen molar-refractivity contribution in [1.29, 1.82) is 0 Å². The summed E-state index contributed by atoms with van der Waals surface area (Å²) in [6.45, 7) is 1.87. The Labute approximate surface area is 209 Å². The molecule has 0 bridgehead atoms. The van der Waals surface area contributed by atoms with Gasteiger partial charge in [0.2, 0.25) is 0 Å². The van der Waals surface area contributed by atoms with Crippen molar-refractivity contribution in [3.8, 4) is 11.3 Å². The van der Waals surface area contributed by atoms with E-state index in [2.05, 4.69) is 36.2 Å². The number of nitrogens with one attached hydrogen (secondary N) is 2. The van der Waals surface area contributed by atoms with Crippen LogP contribution in [0.2, 0.25) is 0 Å². The standard InChI is InChI=1S/C23H16BrN3O3.C3H4N2/c1-13-20(22(28)27-19-10-7-15(12-25-19)23(29)30)17-11-16(24)8-9-18(17)26-21(13)14-5-3-2-4-6-14;1-2-5-3-4-1/h2-12H,1H3,(H,29,30)(H,25,27,28);1-3H,(H,4,5). The number of amides is 1. The topological polar surface area (TPSA) is 121 Å². The van der Waals surface area contributed by atoms with Crippen LogP contribution >= 0.6 is 15.9 Å². The summed E-state index contributed by atoms with van der Waals surface area (Å²) in [5.74, 6) is -1.15. The quantitative estimate of drug-likeness (QED) is 0.273. The lowest BCUT2D eigenvalue weighted by molar-refractivity contribution is 0.0696. The predicted octanol–water partition coefficient (Wildman–Crippen LogP) is 5.73. The number of nitrogens with zero attached hydrogens (tertiary/aromatic N) is 3. The second kappa shape index (κ2) is 10.7. The first-order valence-electron chi connectivity index (χ1n) is 10.5. The molecule has 9 heteroatoms. The van der Waals surface area contributed by atoms with Crippen LogP contribution in [0.4, 0.5) is 5.82 Å². The molecule has 0 aliphatic rings. The third-order valence-electron chi connectivity index (χ3n) is 5.12. The average Bonchev–Trinajstić information content (AvgIpc) is 3.45. The van der Waals surface area contributed by atoms with Crippen molar-refractivity contribution in [3.63, 3.8) is 0 Å². The number of carbonyl (C=O) groups excluding carboxylic acids is 1. The summed E-state index contributed by atoms with van der Waals surface area (Å²) in [5.41, 5.74) is 3.62. The number of carboxylic acid groups (broad SMARTS) is 1. The van der Waals surface area contributed by atoms with Gasteiger partial charge in [-0.25, -0.2) is 19.7 Å². The number of H-pyrrole nitrogens is 1. The molecule has 3 aromatic heterocycles. The van der Waals surface area contributed by atoms with E-state index in [-0.39, 0.29) is 17.3 Å². The van der Waals surface area contributed by atoms with Gasteiger partial charge in [-0.3, -0.25) is 4.79 Å². The summed E-state index contributed by atoms with van der Waals surface area (Å²) in [6, 6.07) is 18.2. The van der Waals surface area contributed by atoms with E-state index in [0.29, 0.717) is 16.5 Å². The van der Waals surface area contributed by atoms with Crippen LogP contribution in [0.25, 0.3) is 22.2 Å². The van der Waals surface area contributed by atoms with Gasteiger partial charge >= 0.3 is 5.97 Å². The first-order valence-corrected chi connectivity index (χ1v) is 11.3. The summed E-state index contributed by atoms with van der Waals surface area (Å²) >= 11 is 3.46. The van der Waals surface area contributed by atoms with Gasteiger partial charge < -0.3 is 15.4 Å². The number of fused-ring (bicyclic) bond motifs is 1. The largest absolute Gasteiger partial charge is 0.478 e. The lowest BCUT2D eigenvalue weighted by Gasteiger charge is -2.15. The van der Waals surface area contributed by atoms with Crippen LogP contribution < -0.4 is 5.32 Å². The van der Waals surface area contributed by atoms with Gasteiger partial charge in [0.25, 0.3) is 5.91 Å². The second-order valence-corrected chi connectivity index (χ2v) is 8.36. The van der Waals surface area contributed by atoms with Gasteiger partial charge in [-0.2, -0.15) is 0 Å². The second-order valence-electron chi connectivity index (χ2n) is 7.44. The minimum Gasteiger partial charge on any atom is -0.478 e. The van der Waals surface area contributed by atoms with Crippen LogP contribution in [0.3, 0.4) is 0 Å². The molecule has 0 aliphatic carbocycles. The molecule has 0 saturated heterocycles. The number of carbonyl (C=O) groups is 2. The minimum absolute atomic E-state index is 0.0498. The van der Waals surface area contributed by atoms with Crippen LogP contribution in [0.1, 0.15) is 26.3 Å². The van der Waals surface area contributed by atoms with E-state index in [1.807, 2.05) is 55.5 Å². The fourth-order valence-electron chi connectivity index (χ4n) is 3.49. The molecule has 0 spiro atoms. The van der Waals surface area contributed by atoms with Gasteiger partial charge in [0, 0.05) is 34.0 Å². The van der Waals surface area contributed by atoms with Crippen molar-refractivity contribution in [2.75, 3.05) is 5.32 Å². The van der Waals surface area contributed by atoms with Crippen molar-refractivity contribution in [2.24, 2.45) is 0 Å². The van der Waals surface area contributed by atoms with E-state index in [1.54, 1.807) is 18.7 Å². The zero-order chi connectivity index (χ0) is 24.8. The molecular weight excluding hydrogens is 510 g/mol. The number of aromatic carboxylic acids is 1. The Morgan fingerprint density at radius 2 is 1.86 bits per heavy atom. The number of anilines is 1. The first-order chi connectivity index (χ1) is 16.9. The van der Waals surface area contributed by atoms with Crippen molar-refractivity contribution in [2.45, 2.75) is 6.92 Å². The molecule has 5 aromatic rings. The summed E-state index contributed by atoms with van der Waals surface area (Å²) in [7, 11) is 0. The minimum atomic E-state index is -1.08. The molecule has 3 N–H and O–H groups in total. The fourth-order valence-corrected chi connectivity index (χ4v) is 3.85. The third kappa shape index (κ3) is 5.59. The number of hydrogen-bond acceptors (Lipinski definition) is 5. The molecule has 1 amide bonds. The van der Waals surface area contributed by atoms with E-state index in [4.69, 9.17) is 10.1 Å². The molecule has 2 aromatic carbocycles. The molecule has 0 atom stereocenters. The van der Waals surface area contributed by atoms with E-state index in [1.165, 1.54) is 18.3 Å². The van der Waals surface area contributed by atoms with Gasteiger partial charge in [-0.15, -0.1) is 0 Å². The summed E-state index contributed by atoms with van der Waals surface area (Å²) in [4.78, 5) is 39.5. The maximum atomic E-state index is 13.3. The fraction of sp³-hybridized carbons (Fsp3) is 0.0385. The number of aromatic amines is 1. The molecular formula is C26H20BrN5O3. The highest BCUT2D eigenvalue weighted by atomic mass is 79.9. The van der Waals surface area contributed by atoms with Crippen LogP contribution in [0.15, 0.2) is 90.1 Å². The Morgan fingerprint density at radius 3 is 2.46 bits per heavy atom. The maximum Gasteiger partial charge on any atom is 0.337 e. The van der Waals surface area contributed by atoms with Crippen molar-refractivity contribution >= 4 is 44.5 Å². The number of pyridine rings is 2. The lowest BCUT2D eigenvalue weighted by atomic mass is 9.97. The molecule has 0 saturated carbocycles. The van der Waals surface area contributed by atoms with Crippen molar-refractivity contribution in [3.05, 3.63) is 107 Å². The van der Waals surface area contributed by atoms with Crippen LogP contribution in [0.5, 0.6) is 0 Å². The molecule has 5 rings (SSSR count). The van der Waals surface area contributed by atoms with Crippen molar-refractivity contribution < 1.29 is 14.7 Å². The lowest BCUT2D eigenvalue weighted by Crippen LogP contribution is -2.16. The number of benzene rings is 2. The Kier molecular flexibility index (Phi) is 7.27. The average molecular weight is 530 g/mol. The summed E-state index contributed by atoms with van der Waals surface area (Å²) < 4.78 is 0.835. The Bertz CT molecular complexity index is 1450. The predicted molar refractivity (Wildman–Crippen MR) is 137 cm³/mol. The van der Waals surface area contributed by atoms with Gasteiger partial charge in [0.05, 0.1) is 28.7 Å². The molecule has 0 aliphatic heterocycles.